The fourth-order valence-corrected chi connectivity index (χ4v) is 7.69. The topological polar surface area (TPSA) is 78.9 Å². The Morgan fingerprint density at radius 1 is 0.333 bits per heavy atom. The molecule has 0 aromatic heterocycles. The van der Waals surface area contributed by atoms with Crippen molar-refractivity contribution in [2.45, 2.75) is 291 Å². The van der Waals surface area contributed by atoms with E-state index in [1.165, 1.54) is 180 Å². The van der Waals surface area contributed by atoms with E-state index in [0.717, 1.165) is 63.7 Å². The number of hydrogen-bond acceptors (Lipinski definition) is 6. The number of rotatable bonds is 46. The standard InChI is InChI=1S/C51H98O6/c1-5-7-9-11-13-14-15-16-17-22-25-28-32-36-40-44-51(54)57-48(45-55-49(52)42-38-34-29-12-10-8-6-2)46-56-50(53)43-39-35-31-27-24-21-19-18-20-23-26-30-33-37-41-47(3)4/h47-48H,5-46H2,1-4H3/t48-/m1/s1. The summed E-state index contributed by atoms with van der Waals surface area (Å²) in [4.78, 5) is 37.7. The van der Waals surface area contributed by atoms with Gasteiger partial charge in [-0.3, -0.25) is 14.4 Å². The Kier molecular flexibility index (Phi) is 44.2. The molecule has 0 saturated carbocycles. The largest absolute Gasteiger partial charge is 0.462 e. The van der Waals surface area contributed by atoms with Crippen LogP contribution in [0.25, 0.3) is 0 Å². The lowest BCUT2D eigenvalue weighted by molar-refractivity contribution is -0.167. The summed E-state index contributed by atoms with van der Waals surface area (Å²) in [6.07, 6.45) is 46.7. The van der Waals surface area contributed by atoms with Gasteiger partial charge >= 0.3 is 17.9 Å². The van der Waals surface area contributed by atoms with Crippen LogP contribution in [0.2, 0.25) is 0 Å². The molecule has 57 heavy (non-hydrogen) atoms. The molecule has 0 radical (unpaired) electrons. The van der Waals surface area contributed by atoms with Crippen LogP contribution in [0.1, 0.15) is 285 Å². The Labute approximate surface area is 355 Å². The molecule has 0 fully saturated rings. The summed E-state index contributed by atoms with van der Waals surface area (Å²) in [5.41, 5.74) is 0. The summed E-state index contributed by atoms with van der Waals surface area (Å²) in [5, 5.41) is 0. The molecule has 0 aliphatic heterocycles. The van der Waals surface area contributed by atoms with Crippen molar-refractivity contribution in [1.82, 2.24) is 0 Å². The van der Waals surface area contributed by atoms with Crippen molar-refractivity contribution in [2.24, 2.45) is 5.92 Å². The van der Waals surface area contributed by atoms with Crippen molar-refractivity contribution in [3.63, 3.8) is 0 Å². The first kappa shape index (κ1) is 55.4. The van der Waals surface area contributed by atoms with Gasteiger partial charge in [0.25, 0.3) is 0 Å². The minimum atomic E-state index is -0.759. The van der Waals surface area contributed by atoms with Gasteiger partial charge in [0.1, 0.15) is 13.2 Å². The number of esters is 3. The van der Waals surface area contributed by atoms with Gasteiger partial charge in [-0.2, -0.15) is 0 Å². The van der Waals surface area contributed by atoms with E-state index in [-0.39, 0.29) is 31.1 Å². The minimum Gasteiger partial charge on any atom is -0.462 e. The van der Waals surface area contributed by atoms with Crippen molar-refractivity contribution in [1.29, 1.82) is 0 Å². The third kappa shape index (κ3) is 45.3. The van der Waals surface area contributed by atoms with Crippen LogP contribution < -0.4 is 0 Å². The van der Waals surface area contributed by atoms with Crippen molar-refractivity contribution < 1.29 is 28.6 Å². The summed E-state index contributed by atoms with van der Waals surface area (Å²) < 4.78 is 16.7. The lowest BCUT2D eigenvalue weighted by atomic mass is 10.0. The molecule has 6 heteroatoms. The van der Waals surface area contributed by atoms with Crippen molar-refractivity contribution in [3.05, 3.63) is 0 Å². The second-order valence-corrected chi connectivity index (χ2v) is 17.9. The van der Waals surface area contributed by atoms with Crippen molar-refractivity contribution >= 4 is 17.9 Å². The van der Waals surface area contributed by atoms with E-state index in [0.29, 0.717) is 19.3 Å². The molecule has 0 amide bonds. The van der Waals surface area contributed by atoms with E-state index in [1.807, 2.05) is 0 Å². The third-order valence-corrected chi connectivity index (χ3v) is 11.5. The monoisotopic (exact) mass is 807 g/mol. The fourth-order valence-electron chi connectivity index (χ4n) is 7.69. The van der Waals surface area contributed by atoms with Crippen LogP contribution >= 0.6 is 0 Å². The predicted molar refractivity (Wildman–Crippen MR) is 243 cm³/mol. The number of hydrogen-bond donors (Lipinski definition) is 0. The highest BCUT2D eigenvalue weighted by Gasteiger charge is 2.19. The fraction of sp³-hybridized carbons (Fsp3) is 0.941. The lowest BCUT2D eigenvalue weighted by Crippen LogP contribution is -2.30. The quantitative estimate of drug-likeness (QED) is 0.0346. The molecule has 0 unspecified atom stereocenters. The van der Waals surface area contributed by atoms with Gasteiger partial charge in [0.2, 0.25) is 0 Å². The van der Waals surface area contributed by atoms with E-state index < -0.39 is 6.10 Å². The molecule has 338 valence electrons. The van der Waals surface area contributed by atoms with Gasteiger partial charge in [-0.05, 0) is 25.2 Å². The lowest BCUT2D eigenvalue weighted by Gasteiger charge is -2.18. The Bertz CT molecular complexity index is 857. The Balaban J connectivity index is 4.20. The molecule has 0 aliphatic carbocycles. The molecule has 0 N–H and O–H groups in total. The molecular weight excluding hydrogens is 709 g/mol. The van der Waals surface area contributed by atoms with Crippen LogP contribution in [-0.4, -0.2) is 37.2 Å². The molecule has 0 aliphatic rings. The number of unbranched alkanes of at least 4 members (excludes halogenated alkanes) is 33. The highest BCUT2D eigenvalue weighted by molar-refractivity contribution is 5.71. The molecule has 1 atom stereocenters. The summed E-state index contributed by atoms with van der Waals surface area (Å²) in [6.45, 7) is 9.00. The summed E-state index contributed by atoms with van der Waals surface area (Å²) in [5.74, 6) is -0.00718. The second-order valence-electron chi connectivity index (χ2n) is 17.9. The van der Waals surface area contributed by atoms with Crippen LogP contribution in [-0.2, 0) is 28.6 Å². The zero-order chi connectivity index (χ0) is 41.7. The van der Waals surface area contributed by atoms with Crippen molar-refractivity contribution in [2.75, 3.05) is 13.2 Å². The molecule has 0 aromatic rings. The Morgan fingerprint density at radius 2 is 0.579 bits per heavy atom. The summed E-state index contributed by atoms with van der Waals surface area (Å²) in [6, 6.07) is 0. The molecular formula is C51H98O6. The number of carbonyl (C=O) groups is 3. The summed E-state index contributed by atoms with van der Waals surface area (Å²) >= 11 is 0. The van der Waals surface area contributed by atoms with Crippen LogP contribution in [0.5, 0.6) is 0 Å². The van der Waals surface area contributed by atoms with E-state index in [2.05, 4.69) is 27.7 Å². The SMILES string of the molecule is CCCCCCCCCCCCCCCCCC(=O)O[C@H](COC(=O)CCCCCCCCC)COC(=O)CCCCCCCCCCCCCCCCC(C)C. The highest BCUT2D eigenvalue weighted by Crippen LogP contribution is 2.17. The van der Waals surface area contributed by atoms with E-state index in [1.54, 1.807) is 0 Å². The van der Waals surface area contributed by atoms with Gasteiger partial charge in [-0.1, -0.05) is 246 Å². The zero-order valence-electron chi connectivity index (χ0n) is 38.8. The second kappa shape index (κ2) is 45.5. The Morgan fingerprint density at radius 3 is 0.860 bits per heavy atom. The van der Waals surface area contributed by atoms with Gasteiger partial charge in [-0.15, -0.1) is 0 Å². The predicted octanol–water partition coefficient (Wildman–Crippen LogP) is 16.3. The van der Waals surface area contributed by atoms with Gasteiger partial charge in [0.05, 0.1) is 0 Å². The van der Waals surface area contributed by atoms with E-state index in [9.17, 15) is 14.4 Å². The molecule has 6 nitrogen and oxygen atoms in total. The maximum absolute atomic E-state index is 12.7. The van der Waals surface area contributed by atoms with E-state index in [4.69, 9.17) is 14.2 Å². The smallest absolute Gasteiger partial charge is 0.306 e. The Hall–Kier alpha value is -1.59. The number of ether oxygens (including phenoxy) is 3. The van der Waals surface area contributed by atoms with Crippen LogP contribution in [0.3, 0.4) is 0 Å². The molecule has 0 heterocycles. The van der Waals surface area contributed by atoms with Crippen LogP contribution in [0, 0.1) is 5.92 Å². The third-order valence-electron chi connectivity index (χ3n) is 11.5. The van der Waals surface area contributed by atoms with Crippen LogP contribution in [0.15, 0.2) is 0 Å². The average molecular weight is 807 g/mol. The molecule has 0 rings (SSSR count). The molecule has 0 bridgehead atoms. The average Bonchev–Trinajstić information content (AvgIpc) is 3.19. The normalized spacial score (nSPS) is 11.9. The number of carbonyl (C=O) groups excluding carboxylic acids is 3. The van der Waals surface area contributed by atoms with Crippen molar-refractivity contribution in [3.8, 4) is 0 Å². The molecule has 0 aromatic carbocycles. The molecule has 0 saturated heterocycles. The van der Waals surface area contributed by atoms with Gasteiger partial charge < -0.3 is 14.2 Å². The first-order valence-electron chi connectivity index (χ1n) is 25.4. The van der Waals surface area contributed by atoms with Gasteiger partial charge in [0.15, 0.2) is 6.10 Å². The van der Waals surface area contributed by atoms with Crippen LogP contribution in [0.4, 0.5) is 0 Å². The maximum atomic E-state index is 12.7. The highest BCUT2D eigenvalue weighted by atomic mass is 16.6. The van der Waals surface area contributed by atoms with Gasteiger partial charge in [0, 0.05) is 19.3 Å². The maximum Gasteiger partial charge on any atom is 0.306 e. The van der Waals surface area contributed by atoms with Gasteiger partial charge in [-0.25, -0.2) is 0 Å². The van der Waals surface area contributed by atoms with E-state index >= 15 is 0 Å². The first-order chi connectivity index (χ1) is 27.9. The zero-order valence-corrected chi connectivity index (χ0v) is 38.8. The summed E-state index contributed by atoms with van der Waals surface area (Å²) in [7, 11) is 0. The molecule has 0 spiro atoms. The first-order valence-corrected chi connectivity index (χ1v) is 25.4. The minimum absolute atomic E-state index is 0.0632.